The van der Waals surface area contributed by atoms with E-state index >= 15 is 0 Å². The third-order valence-electron chi connectivity index (χ3n) is 4.76. The van der Waals surface area contributed by atoms with E-state index in [4.69, 9.17) is 0 Å². The Bertz CT molecular complexity index is 980. The van der Waals surface area contributed by atoms with Crippen LogP contribution < -0.4 is 0 Å². The minimum absolute atomic E-state index is 0.137. The average Bonchev–Trinajstić information content (AvgIpc) is 3.17. The molecule has 1 aromatic heterocycles. The van der Waals surface area contributed by atoms with Gasteiger partial charge in [0.15, 0.2) is 0 Å². The second-order valence-corrected chi connectivity index (χ2v) is 6.80. The zero-order valence-electron chi connectivity index (χ0n) is 15.1. The highest BCUT2D eigenvalue weighted by molar-refractivity contribution is 5.83. The van der Waals surface area contributed by atoms with Crippen LogP contribution in [-0.2, 0) is 24.3 Å². The van der Waals surface area contributed by atoms with Crippen molar-refractivity contribution in [2.45, 2.75) is 19.5 Å². The van der Waals surface area contributed by atoms with Crippen LogP contribution in [0.15, 0.2) is 91.1 Å². The normalized spacial score (nSPS) is 10.8. The Labute approximate surface area is 159 Å². The summed E-state index contributed by atoms with van der Waals surface area (Å²) in [6.07, 6.45) is 2.33. The number of amides is 1. The Morgan fingerprint density at radius 1 is 0.741 bits per heavy atom. The Morgan fingerprint density at radius 2 is 1.37 bits per heavy atom. The van der Waals surface area contributed by atoms with Crippen molar-refractivity contribution in [3.05, 3.63) is 108 Å². The van der Waals surface area contributed by atoms with E-state index in [0.717, 1.165) is 27.6 Å². The maximum Gasteiger partial charge on any atom is 0.227 e. The molecule has 134 valence electrons. The van der Waals surface area contributed by atoms with E-state index < -0.39 is 0 Å². The lowest BCUT2D eigenvalue weighted by atomic mass is 10.1. The molecular formula is C24H22N2O. The van der Waals surface area contributed by atoms with Crippen molar-refractivity contribution in [2.75, 3.05) is 0 Å². The topological polar surface area (TPSA) is 36.1 Å². The number of aromatic nitrogens is 1. The van der Waals surface area contributed by atoms with Gasteiger partial charge in [0.05, 0.1) is 6.42 Å². The first-order valence-electron chi connectivity index (χ1n) is 9.19. The number of rotatable bonds is 6. The van der Waals surface area contributed by atoms with Crippen LogP contribution in [-0.4, -0.2) is 15.8 Å². The van der Waals surface area contributed by atoms with Crippen molar-refractivity contribution in [2.24, 2.45) is 0 Å². The lowest BCUT2D eigenvalue weighted by Gasteiger charge is -2.23. The minimum atomic E-state index is 0.137. The number of benzene rings is 3. The molecule has 3 heteroatoms. The van der Waals surface area contributed by atoms with Gasteiger partial charge in [-0.15, -0.1) is 0 Å². The lowest BCUT2D eigenvalue weighted by Crippen LogP contribution is -2.31. The van der Waals surface area contributed by atoms with E-state index in [1.807, 2.05) is 65.7 Å². The summed E-state index contributed by atoms with van der Waals surface area (Å²) in [5, 5.41) is 1.14. The fourth-order valence-corrected chi connectivity index (χ4v) is 3.34. The molecule has 0 aliphatic rings. The molecule has 0 saturated carbocycles. The number of fused-ring (bicyclic) bond motifs is 1. The smallest absolute Gasteiger partial charge is 0.227 e. The molecule has 0 saturated heterocycles. The van der Waals surface area contributed by atoms with Crippen molar-refractivity contribution < 1.29 is 4.79 Å². The second-order valence-electron chi connectivity index (χ2n) is 6.80. The SMILES string of the molecule is O=C(Cc1ccc2[nH]ccc2c1)N(Cc1ccccc1)Cc1ccccc1. The quantitative estimate of drug-likeness (QED) is 0.523. The fraction of sp³-hybridized carbons (Fsp3) is 0.125. The summed E-state index contributed by atoms with van der Waals surface area (Å²) in [4.78, 5) is 18.2. The minimum Gasteiger partial charge on any atom is -0.361 e. The standard InChI is InChI=1S/C24H22N2O/c27-24(16-21-11-12-23-22(15-21)13-14-25-23)26(17-19-7-3-1-4-8-19)18-20-9-5-2-6-10-20/h1-15,25H,16-18H2. The predicted molar refractivity (Wildman–Crippen MR) is 109 cm³/mol. The molecule has 1 heterocycles. The van der Waals surface area contributed by atoms with E-state index in [0.29, 0.717) is 19.5 Å². The molecule has 0 spiro atoms. The largest absolute Gasteiger partial charge is 0.361 e. The fourth-order valence-electron chi connectivity index (χ4n) is 3.34. The van der Waals surface area contributed by atoms with Crippen LogP contribution in [0.4, 0.5) is 0 Å². The summed E-state index contributed by atoms with van der Waals surface area (Å²) >= 11 is 0. The molecule has 0 aliphatic carbocycles. The Balaban J connectivity index is 1.55. The molecule has 1 N–H and O–H groups in total. The van der Waals surface area contributed by atoms with E-state index in [2.05, 4.69) is 35.3 Å². The Kier molecular flexibility index (Phi) is 5.01. The average molecular weight is 354 g/mol. The summed E-state index contributed by atoms with van der Waals surface area (Å²) in [6.45, 7) is 1.22. The summed E-state index contributed by atoms with van der Waals surface area (Å²) in [6, 6.07) is 28.5. The molecule has 4 rings (SSSR count). The number of hydrogen-bond acceptors (Lipinski definition) is 1. The first-order chi connectivity index (χ1) is 13.3. The van der Waals surface area contributed by atoms with Gasteiger partial charge in [0, 0.05) is 24.8 Å². The van der Waals surface area contributed by atoms with Gasteiger partial charge < -0.3 is 9.88 Å². The number of carbonyl (C=O) groups excluding carboxylic acids is 1. The molecule has 0 fully saturated rings. The molecule has 0 bridgehead atoms. The third-order valence-corrected chi connectivity index (χ3v) is 4.76. The Morgan fingerprint density at radius 3 is 2.00 bits per heavy atom. The first-order valence-corrected chi connectivity index (χ1v) is 9.19. The van der Waals surface area contributed by atoms with Gasteiger partial charge in [0.1, 0.15) is 0 Å². The number of nitrogens with one attached hydrogen (secondary N) is 1. The zero-order chi connectivity index (χ0) is 18.5. The Hall–Kier alpha value is -3.33. The van der Waals surface area contributed by atoms with Crippen LogP contribution in [0, 0.1) is 0 Å². The van der Waals surface area contributed by atoms with E-state index in [-0.39, 0.29) is 5.91 Å². The van der Waals surface area contributed by atoms with Crippen LogP contribution in [0.5, 0.6) is 0 Å². The molecular weight excluding hydrogens is 332 g/mol. The van der Waals surface area contributed by atoms with Crippen LogP contribution in [0.2, 0.25) is 0 Å². The van der Waals surface area contributed by atoms with Crippen molar-refractivity contribution in [3.8, 4) is 0 Å². The lowest BCUT2D eigenvalue weighted by molar-refractivity contribution is -0.131. The maximum absolute atomic E-state index is 13.1. The van der Waals surface area contributed by atoms with Crippen LogP contribution >= 0.6 is 0 Å². The molecule has 4 aromatic rings. The third kappa shape index (κ3) is 4.26. The van der Waals surface area contributed by atoms with Crippen molar-refractivity contribution in [1.29, 1.82) is 0 Å². The number of hydrogen-bond donors (Lipinski definition) is 1. The first kappa shape index (κ1) is 17.1. The molecule has 1 amide bonds. The molecule has 0 unspecified atom stereocenters. The summed E-state index contributed by atoms with van der Waals surface area (Å²) in [5.41, 5.74) is 4.42. The van der Waals surface area contributed by atoms with Crippen molar-refractivity contribution in [1.82, 2.24) is 9.88 Å². The predicted octanol–water partition coefficient (Wildman–Crippen LogP) is 4.94. The summed E-state index contributed by atoms with van der Waals surface area (Å²) < 4.78 is 0. The number of H-pyrrole nitrogens is 1. The van der Waals surface area contributed by atoms with Crippen molar-refractivity contribution in [3.63, 3.8) is 0 Å². The highest BCUT2D eigenvalue weighted by atomic mass is 16.2. The molecule has 27 heavy (non-hydrogen) atoms. The molecule has 3 nitrogen and oxygen atoms in total. The van der Waals surface area contributed by atoms with Gasteiger partial charge in [0.2, 0.25) is 5.91 Å². The van der Waals surface area contributed by atoms with E-state index in [9.17, 15) is 4.79 Å². The highest BCUT2D eigenvalue weighted by Crippen LogP contribution is 2.17. The van der Waals surface area contributed by atoms with Gasteiger partial charge in [-0.25, -0.2) is 0 Å². The summed E-state index contributed by atoms with van der Waals surface area (Å²) in [5.74, 6) is 0.137. The molecule has 0 radical (unpaired) electrons. The zero-order valence-corrected chi connectivity index (χ0v) is 15.1. The monoisotopic (exact) mass is 354 g/mol. The van der Waals surface area contributed by atoms with Gasteiger partial charge in [-0.1, -0.05) is 66.7 Å². The summed E-state index contributed by atoms with van der Waals surface area (Å²) in [7, 11) is 0. The molecule has 3 aromatic carbocycles. The van der Waals surface area contributed by atoms with Crippen LogP contribution in [0.3, 0.4) is 0 Å². The number of aromatic amines is 1. The van der Waals surface area contributed by atoms with Crippen LogP contribution in [0.1, 0.15) is 16.7 Å². The maximum atomic E-state index is 13.1. The van der Waals surface area contributed by atoms with Gasteiger partial charge in [-0.2, -0.15) is 0 Å². The van der Waals surface area contributed by atoms with Crippen molar-refractivity contribution >= 4 is 16.8 Å². The van der Waals surface area contributed by atoms with E-state index in [1.54, 1.807) is 0 Å². The van der Waals surface area contributed by atoms with Gasteiger partial charge >= 0.3 is 0 Å². The van der Waals surface area contributed by atoms with Gasteiger partial charge in [-0.3, -0.25) is 4.79 Å². The van der Waals surface area contributed by atoms with Crippen LogP contribution in [0.25, 0.3) is 10.9 Å². The molecule has 0 atom stereocenters. The molecule has 0 aliphatic heterocycles. The van der Waals surface area contributed by atoms with Gasteiger partial charge in [0.25, 0.3) is 0 Å². The van der Waals surface area contributed by atoms with E-state index in [1.165, 1.54) is 0 Å². The van der Waals surface area contributed by atoms with Gasteiger partial charge in [-0.05, 0) is 40.3 Å². The highest BCUT2D eigenvalue weighted by Gasteiger charge is 2.15. The second kappa shape index (κ2) is 7.92. The number of carbonyl (C=O) groups is 1. The number of nitrogens with zero attached hydrogens (tertiary/aromatic N) is 1.